The van der Waals surface area contributed by atoms with Gasteiger partial charge in [0.2, 0.25) is 5.75 Å². The third-order valence-corrected chi connectivity index (χ3v) is 15.3. The van der Waals surface area contributed by atoms with Crippen molar-refractivity contribution < 1.29 is 23.7 Å². The van der Waals surface area contributed by atoms with Crippen LogP contribution in [0, 0.1) is 0 Å². The SMILES string of the molecule is CCCCCCCCCCCCCCCCCCOc1cc(C(=O)N2CCOCC2)cc(OCCCCCCCCCCCCCCCCCC)c1OCCCCCCCCCCCCCCCCCC. The molecule has 0 spiro atoms. The van der Waals surface area contributed by atoms with Crippen molar-refractivity contribution in [3.8, 4) is 17.2 Å². The lowest BCUT2D eigenvalue weighted by molar-refractivity contribution is 0.0302. The molecule has 6 nitrogen and oxygen atoms in total. The van der Waals surface area contributed by atoms with Gasteiger partial charge in [0, 0.05) is 18.7 Å². The van der Waals surface area contributed by atoms with Gasteiger partial charge < -0.3 is 23.8 Å². The third-order valence-electron chi connectivity index (χ3n) is 15.3. The molecule has 0 saturated carbocycles. The van der Waals surface area contributed by atoms with E-state index in [9.17, 15) is 4.79 Å². The van der Waals surface area contributed by atoms with Crippen LogP contribution in [-0.4, -0.2) is 56.9 Å². The Morgan fingerprint density at radius 2 is 0.577 bits per heavy atom. The highest BCUT2D eigenvalue weighted by Crippen LogP contribution is 2.40. The van der Waals surface area contributed by atoms with Gasteiger partial charge in [0.15, 0.2) is 11.5 Å². The predicted octanol–water partition coefficient (Wildman–Crippen LogP) is 21.1. The quantitative estimate of drug-likeness (QED) is 0.0609. The van der Waals surface area contributed by atoms with Crippen molar-refractivity contribution in [1.29, 1.82) is 0 Å². The second-order valence-electron chi connectivity index (χ2n) is 22.2. The summed E-state index contributed by atoms with van der Waals surface area (Å²) in [6.45, 7) is 11.2. The molecule has 6 heteroatoms. The molecular weight excluding hydrogens is 875 g/mol. The average molecular weight is 997 g/mol. The number of unbranched alkanes of at least 4 members (excludes halogenated alkanes) is 45. The number of carbonyl (C=O) groups is 1. The molecule has 0 radical (unpaired) electrons. The van der Waals surface area contributed by atoms with Crippen molar-refractivity contribution in [2.75, 3.05) is 46.1 Å². The maximum atomic E-state index is 13.9. The van der Waals surface area contributed by atoms with Gasteiger partial charge in [-0.2, -0.15) is 0 Å². The number of rotatable bonds is 55. The Morgan fingerprint density at radius 3 is 0.831 bits per heavy atom. The van der Waals surface area contributed by atoms with Gasteiger partial charge in [-0.1, -0.05) is 310 Å². The largest absolute Gasteiger partial charge is 0.490 e. The smallest absolute Gasteiger partial charge is 0.254 e. The van der Waals surface area contributed by atoms with E-state index < -0.39 is 0 Å². The van der Waals surface area contributed by atoms with Crippen molar-refractivity contribution in [3.63, 3.8) is 0 Å². The first-order valence-electron chi connectivity index (χ1n) is 32.1. The molecule has 1 amide bonds. The standard InChI is InChI=1S/C65H121NO5/c1-4-7-10-13-16-19-22-25-28-31-34-37-40-43-46-49-54-69-62-59-61(65(67)66-52-57-68-58-53-66)60-63(70-55-50-47-44-41-38-35-32-29-26-23-20-17-14-11-8-5-2)64(62)71-56-51-48-45-42-39-36-33-30-27-24-21-18-15-12-9-6-3/h59-60H,4-58H2,1-3H3. The molecule has 416 valence electrons. The lowest BCUT2D eigenvalue weighted by Crippen LogP contribution is -2.40. The first-order valence-corrected chi connectivity index (χ1v) is 32.1. The molecule has 2 rings (SSSR count). The number of hydrogen-bond donors (Lipinski definition) is 0. The van der Waals surface area contributed by atoms with Crippen LogP contribution in [0.4, 0.5) is 0 Å². The topological polar surface area (TPSA) is 57.2 Å². The van der Waals surface area contributed by atoms with Crippen LogP contribution in [-0.2, 0) is 4.74 Å². The molecule has 1 heterocycles. The van der Waals surface area contributed by atoms with Crippen LogP contribution in [0.5, 0.6) is 17.2 Å². The van der Waals surface area contributed by atoms with E-state index in [0.717, 1.165) is 19.3 Å². The van der Waals surface area contributed by atoms with Crippen LogP contribution in [0.25, 0.3) is 0 Å². The van der Waals surface area contributed by atoms with Crippen LogP contribution in [0.1, 0.15) is 339 Å². The van der Waals surface area contributed by atoms with Gasteiger partial charge >= 0.3 is 0 Å². The lowest BCUT2D eigenvalue weighted by atomic mass is 10.0. The normalized spacial score (nSPS) is 12.8. The molecule has 1 saturated heterocycles. The molecule has 0 aromatic heterocycles. The van der Waals surface area contributed by atoms with Crippen molar-refractivity contribution in [2.45, 2.75) is 329 Å². The van der Waals surface area contributed by atoms with Crippen molar-refractivity contribution in [2.24, 2.45) is 0 Å². The van der Waals surface area contributed by atoms with Crippen LogP contribution in [0.3, 0.4) is 0 Å². The Balaban J connectivity index is 1.85. The third kappa shape index (κ3) is 39.2. The summed E-state index contributed by atoms with van der Waals surface area (Å²) in [5.41, 5.74) is 0.630. The van der Waals surface area contributed by atoms with E-state index >= 15 is 0 Å². The number of morpholine rings is 1. The van der Waals surface area contributed by atoms with Gasteiger partial charge in [-0.25, -0.2) is 0 Å². The maximum absolute atomic E-state index is 13.9. The highest BCUT2D eigenvalue weighted by molar-refractivity contribution is 5.95. The summed E-state index contributed by atoms with van der Waals surface area (Å²) in [4.78, 5) is 15.8. The van der Waals surface area contributed by atoms with Crippen LogP contribution >= 0.6 is 0 Å². The summed E-state index contributed by atoms with van der Waals surface area (Å²) in [7, 11) is 0. The second kappa shape index (κ2) is 51.5. The molecule has 0 atom stereocenters. The van der Waals surface area contributed by atoms with E-state index in [1.54, 1.807) is 0 Å². The van der Waals surface area contributed by atoms with Gasteiger partial charge in [-0.15, -0.1) is 0 Å². The Morgan fingerprint density at radius 1 is 0.352 bits per heavy atom. The van der Waals surface area contributed by atoms with E-state index in [2.05, 4.69) is 20.8 Å². The van der Waals surface area contributed by atoms with Crippen molar-refractivity contribution in [1.82, 2.24) is 4.90 Å². The van der Waals surface area contributed by atoms with Crippen molar-refractivity contribution >= 4 is 5.91 Å². The van der Waals surface area contributed by atoms with Crippen LogP contribution in [0.2, 0.25) is 0 Å². The van der Waals surface area contributed by atoms with Crippen molar-refractivity contribution in [3.05, 3.63) is 17.7 Å². The molecule has 1 aromatic rings. The monoisotopic (exact) mass is 996 g/mol. The molecular formula is C65H121NO5. The molecule has 1 aliphatic rings. The number of benzene rings is 1. The minimum atomic E-state index is 0.0252. The van der Waals surface area contributed by atoms with Gasteiger partial charge in [0.05, 0.1) is 33.0 Å². The highest BCUT2D eigenvalue weighted by Gasteiger charge is 2.24. The summed E-state index contributed by atoms with van der Waals surface area (Å²) in [6.07, 6.45) is 64.8. The summed E-state index contributed by atoms with van der Waals surface area (Å²) in [5.74, 6) is 2.06. The highest BCUT2D eigenvalue weighted by atomic mass is 16.5. The molecule has 0 aliphatic carbocycles. The Kier molecular flexibility index (Phi) is 47.3. The minimum Gasteiger partial charge on any atom is -0.490 e. The van der Waals surface area contributed by atoms with Crippen LogP contribution in [0.15, 0.2) is 12.1 Å². The number of hydrogen-bond acceptors (Lipinski definition) is 5. The zero-order valence-electron chi connectivity index (χ0n) is 48.0. The first kappa shape index (κ1) is 65.2. The van der Waals surface area contributed by atoms with Crippen LogP contribution < -0.4 is 14.2 Å². The Hall–Kier alpha value is -1.95. The van der Waals surface area contributed by atoms with Gasteiger partial charge in [-0.3, -0.25) is 4.79 Å². The summed E-state index contributed by atoms with van der Waals surface area (Å²) >= 11 is 0. The Bertz CT molecular complexity index is 1200. The number of carbonyl (C=O) groups excluding carboxylic acids is 1. The molecule has 1 fully saturated rings. The van der Waals surface area contributed by atoms with Gasteiger partial charge in [0.1, 0.15) is 0 Å². The molecule has 0 bridgehead atoms. The first-order chi connectivity index (χ1) is 35.2. The fourth-order valence-corrected chi connectivity index (χ4v) is 10.5. The summed E-state index contributed by atoms with van der Waals surface area (Å²) < 4.78 is 25.4. The van der Waals surface area contributed by atoms with Gasteiger partial charge in [0.25, 0.3) is 5.91 Å². The lowest BCUT2D eigenvalue weighted by Gasteiger charge is -2.27. The zero-order chi connectivity index (χ0) is 50.6. The van der Waals surface area contributed by atoms with Gasteiger partial charge in [-0.05, 0) is 31.4 Å². The zero-order valence-corrected chi connectivity index (χ0v) is 48.0. The maximum Gasteiger partial charge on any atom is 0.254 e. The molecule has 71 heavy (non-hydrogen) atoms. The minimum absolute atomic E-state index is 0.0252. The molecule has 0 N–H and O–H groups in total. The molecule has 0 unspecified atom stereocenters. The molecule has 1 aromatic carbocycles. The fourth-order valence-electron chi connectivity index (χ4n) is 10.5. The van der Waals surface area contributed by atoms with E-state index in [1.165, 1.54) is 289 Å². The van der Waals surface area contributed by atoms with E-state index in [-0.39, 0.29) is 5.91 Å². The summed E-state index contributed by atoms with van der Waals surface area (Å²) in [5, 5.41) is 0. The van der Waals surface area contributed by atoms with E-state index in [1.807, 2.05) is 17.0 Å². The number of ether oxygens (including phenoxy) is 4. The number of nitrogens with zero attached hydrogens (tertiary/aromatic N) is 1. The average Bonchev–Trinajstić information content (AvgIpc) is 3.39. The van der Waals surface area contributed by atoms with E-state index in [0.29, 0.717) is 68.9 Å². The number of amides is 1. The predicted molar refractivity (Wildman–Crippen MR) is 308 cm³/mol. The summed E-state index contributed by atoms with van der Waals surface area (Å²) in [6, 6.07) is 3.88. The molecule has 1 aliphatic heterocycles. The fraction of sp³-hybridized carbons (Fsp3) is 0.892. The Labute approximate surface area is 442 Å². The van der Waals surface area contributed by atoms with E-state index in [4.69, 9.17) is 18.9 Å². The second-order valence-corrected chi connectivity index (χ2v) is 22.2.